The summed E-state index contributed by atoms with van der Waals surface area (Å²) >= 11 is 0. The molecule has 0 fully saturated rings. The second-order valence-electron chi connectivity index (χ2n) is 5.69. The molecule has 0 aliphatic carbocycles. The van der Waals surface area contributed by atoms with Gasteiger partial charge in [0.25, 0.3) is 0 Å². The average molecular weight is 441 g/mol. The molecule has 0 saturated carbocycles. The van der Waals surface area contributed by atoms with Crippen LogP contribution in [0.15, 0.2) is 53.2 Å². The van der Waals surface area contributed by atoms with Crippen LogP contribution in [-0.4, -0.2) is 30.3 Å². The Morgan fingerprint density at radius 2 is 1.70 bits per heavy atom. The summed E-state index contributed by atoms with van der Waals surface area (Å²) in [6, 6.07) is 8.93. The molecule has 0 N–H and O–H groups in total. The number of hydrogen-bond acceptors (Lipinski definition) is 6. The molecule has 0 radical (unpaired) electrons. The van der Waals surface area contributed by atoms with Crippen LogP contribution >= 0.6 is 0 Å². The van der Waals surface area contributed by atoms with E-state index in [1.807, 2.05) is 0 Å². The summed E-state index contributed by atoms with van der Waals surface area (Å²) < 4.78 is 104. The Labute approximate surface area is 162 Å². The van der Waals surface area contributed by atoms with Crippen molar-refractivity contribution in [3.05, 3.63) is 48.8 Å². The molecule has 3 rings (SSSR count). The summed E-state index contributed by atoms with van der Waals surface area (Å²) in [5.41, 5.74) is 0.872. The topological polar surface area (TPSA) is 63.0 Å². The average Bonchev–Trinajstić information content (AvgIpc) is 3.09. The predicted molar refractivity (Wildman–Crippen MR) is 84.1 cm³/mol. The number of ether oxygens (including phenoxy) is 3. The van der Waals surface area contributed by atoms with E-state index in [4.69, 9.17) is 4.42 Å². The Bertz CT molecular complexity index is 997. The molecular weight excluding hydrogens is 431 g/mol. The number of rotatable bonds is 9. The summed E-state index contributed by atoms with van der Waals surface area (Å²) in [5, 5.41) is 0.581. The summed E-state index contributed by atoms with van der Waals surface area (Å²) in [4.78, 5) is 5.72. The fourth-order valence-electron chi connectivity index (χ4n) is 2.30. The Balaban J connectivity index is 1.67. The van der Waals surface area contributed by atoms with Crippen LogP contribution in [0.4, 0.5) is 30.9 Å². The van der Waals surface area contributed by atoms with Crippen molar-refractivity contribution in [2.45, 2.75) is 18.7 Å². The van der Waals surface area contributed by atoms with Crippen molar-refractivity contribution in [1.82, 2.24) is 4.98 Å². The fraction of sp³-hybridized carbons (Fsp3) is 0.235. The Kier molecular flexibility index (Phi) is 5.87. The second kappa shape index (κ2) is 8.08. The molecule has 0 aliphatic rings. The third kappa shape index (κ3) is 5.58. The van der Waals surface area contributed by atoms with Crippen LogP contribution in [0.25, 0.3) is 22.3 Å². The lowest BCUT2D eigenvalue weighted by molar-refractivity contribution is -0.577. The molecule has 2 heterocycles. The normalized spacial score (nSPS) is 13.0. The van der Waals surface area contributed by atoms with Crippen molar-refractivity contribution in [1.29, 1.82) is 0 Å². The highest BCUT2D eigenvalue weighted by Crippen LogP contribution is 2.35. The van der Waals surface area contributed by atoms with Crippen molar-refractivity contribution < 1.29 is 54.4 Å². The third-order valence-corrected chi connectivity index (χ3v) is 3.44. The molecular formula is C17H10F7NO5. The van der Waals surface area contributed by atoms with Gasteiger partial charge in [0.15, 0.2) is 6.61 Å². The van der Waals surface area contributed by atoms with Gasteiger partial charge in [-0.25, -0.2) is 9.47 Å². The van der Waals surface area contributed by atoms with Crippen molar-refractivity contribution in [3.63, 3.8) is 0 Å². The zero-order valence-corrected chi connectivity index (χ0v) is 14.5. The van der Waals surface area contributed by atoms with Crippen molar-refractivity contribution in [2.75, 3.05) is 6.61 Å². The molecule has 30 heavy (non-hydrogen) atoms. The Morgan fingerprint density at radius 3 is 2.37 bits per heavy atom. The molecule has 3 aromatic rings. The summed E-state index contributed by atoms with van der Waals surface area (Å²) in [7, 11) is 0. The second-order valence-corrected chi connectivity index (χ2v) is 5.69. The molecule has 0 amide bonds. The standard InChI is InChI=1S/C17H10F7NO5/c18-15(19,28-16(20,21)29-17(22,23)30-24)9-26-12-4-3-10-6-13(27-14(10)7-12)11-2-1-5-25-8-11/h1-8H,9H2. The largest absolute Gasteiger partial charge is 0.522 e. The number of aromatic nitrogens is 1. The van der Waals surface area contributed by atoms with Gasteiger partial charge in [0, 0.05) is 29.4 Å². The van der Waals surface area contributed by atoms with Gasteiger partial charge in [-0.2, -0.15) is 8.78 Å². The first-order chi connectivity index (χ1) is 14.0. The van der Waals surface area contributed by atoms with E-state index < -0.39 is 25.3 Å². The molecule has 162 valence electrons. The molecule has 0 saturated heterocycles. The number of alkyl halides is 6. The summed E-state index contributed by atoms with van der Waals surface area (Å²) in [5.74, 6) is 0.205. The zero-order valence-electron chi connectivity index (χ0n) is 14.5. The first-order valence-corrected chi connectivity index (χ1v) is 7.89. The van der Waals surface area contributed by atoms with E-state index >= 15 is 0 Å². The summed E-state index contributed by atoms with van der Waals surface area (Å²) in [6.45, 7) is -1.81. The predicted octanol–water partition coefficient (Wildman–Crippen LogP) is 5.50. The molecule has 0 unspecified atom stereocenters. The maximum Gasteiger partial charge on any atom is 0.522 e. The van der Waals surface area contributed by atoms with Crippen LogP contribution in [0.5, 0.6) is 5.75 Å². The van der Waals surface area contributed by atoms with Gasteiger partial charge in [-0.3, -0.25) is 4.98 Å². The number of hydrogen-bond donors (Lipinski definition) is 0. The highest BCUT2D eigenvalue weighted by Gasteiger charge is 2.54. The lowest BCUT2D eigenvalue weighted by Gasteiger charge is -2.24. The SMILES string of the molecule is FOC(F)(F)OC(F)(F)OC(F)(F)COc1ccc2cc(-c3cccnc3)oc2c1. The van der Waals surface area contributed by atoms with Crippen molar-refractivity contribution in [3.8, 4) is 17.1 Å². The van der Waals surface area contributed by atoms with E-state index in [1.165, 1.54) is 24.4 Å². The molecule has 13 heteroatoms. The summed E-state index contributed by atoms with van der Waals surface area (Å²) in [6.07, 6.45) is -12.8. The molecule has 6 nitrogen and oxygen atoms in total. The van der Waals surface area contributed by atoms with Crippen LogP contribution in [0.2, 0.25) is 0 Å². The van der Waals surface area contributed by atoms with E-state index in [-0.39, 0.29) is 11.3 Å². The van der Waals surface area contributed by atoms with Crippen LogP contribution in [0.1, 0.15) is 0 Å². The Morgan fingerprint density at radius 1 is 0.933 bits per heavy atom. The van der Waals surface area contributed by atoms with Crippen molar-refractivity contribution >= 4 is 11.0 Å². The van der Waals surface area contributed by atoms with Crippen LogP contribution in [-0.2, 0) is 14.4 Å². The number of furan rings is 1. The van der Waals surface area contributed by atoms with Gasteiger partial charge in [0.05, 0.1) is 0 Å². The van der Waals surface area contributed by atoms with Gasteiger partial charge >= 0.3 is 18.7 Å². The van der Waals surface area contributed by atoms with E-state index in [2.05, 4.69) is 19.2 Å². The zero-order chi connectivity index (χ0) is 22.0. The van der Waals surface area contributed by atoms with Crippen LogP contribution in [0, 0.1) is 0 Å². The van der Waals surface area contributed by atoms with Gasteiger partial charge in [0.1, 0.15) is 17.1 Å². The van der Waals surface area contributed by atoms with Gasteiger partial charge in [-0.05, 0) is 34.9 Å². The number of halogens is 7. The lowest BCUT2D eigenvalue weighted by Crippen LogP contribution is -2.43. The number of benzene rings is 1. The smallest absolute Gasteiger partial charge is 0.484 e. The molecule has 0 bridgehead atoms. The molecule has 2 aromatic heterocycles. The molecule has 0 atom stereocenters. The monoisotopic (exact) mass is 441 g/mol. The minimum Gasteiger partial charge on any atom is -0.484 e. The first-order valence-electron chi connectivity index (χ1n) is 7.89. The Hall–Kier alpha value is -2.90. The fourth-order valence-corrected chi connectivity index (χ4v) is 2.30. The minimum absolute atomic E-state index is 0.223. The highest BCUT2D eigenvalue weighted by molar-refractivity contribution is 5.83. The third-order valence-electron chi connectivity index (χ3n) is 3.44. The molecule has 0 aliphatic heterocycles. The van der Waals surface area contributed by atoms with Gasteiger partial charge in [-0.1, -0.05) is 4.94 Å². The van der Waals surface area contributed by atoms with Crippen molar-refractivity contribution in [2.24, 2.45) is 0 Å². The highest BCUT2D eigenvalue weighted by atomic mass is 19.4. The van der Waals surface area contributed by atoms with E-state index in [9.17, 15) is 30.9 Å². The minimum atomic E-state index is -5.59. The molecule has 1 aromatic carbocycles. The van der Waals surface area contributed by atoms with Gasteiger partial charge in [-0.15, -0.1) is 17.6 Å². The van der Waals surface area contributed by atoms with Crippen LogP contribution in [0.3, 0.4) is 0 Å². The van der Waals surface area contributed by atoms with E-state index in [0.717, 1.165) is 0 Å². The number of pyridine rings is 1. The van der Waals surface area contributed by atoms with E-state index in [0.29, 0.717) is 16.7 Å². The number of fused-ring (bicyclic) bond motifs is 1. The maximum absolute atomic E-state index is 13.5. The quantitative estimate of drug-likeness (QED) is 0.323. The van der Waals surface area contributed by atoms with E-state index in [1.54, 1.807) is 29.3 Å². The number of nitrogens with zero attached hydrogens (tertiary/aromatic N) is 1. The van der Waals surface area contributed by atoms with Crippen LogP contribution < -0.4 is 4.74 Å². The van der Waals surface area contributed by atoms with Gasteiger partial charge in [0.2, 0.25) is 0 Å². The first kappa shape index (κ1) is 21.8. The maximum atomic E-state index is 13.5. The van der Waals surface area contributed by atoms with Gasteiger partial charge < -0.3 is 9.15 Å². The molecule has 0 spiro atoms. The lowest BCUT2D eigenvalue weighted by atomic mass is 10.2.